The van der Waals surface area contributed by atoms with Gasteiger partial charge in [0.15, 0.2) is 0 Å². The van der Waals surface area contributed by atoms with E-state index in [9.17, 15) is 9.59 Å². The minimum atomic E-state index is -0.499. The molecule has 0 bridgehead atoms. The van der Waals surface area contributed by atoms with Crippen molar-refractivity contribution in [2.45, 2.75) is 58.1 Å². The molecule has 0 heterocycles. The fourth-order valence-corrected chi connectivity index (χ4v) is 3.28. The SMILES string of the molecule is CC(C)Nc1cccc2c1C(=O)C(=O)C=C2OC1CCCCC1. The van der Waals surface area contributed by atoms with Gasteiger partial charge in [0.1, 0.15) is 5.76 Å². The summed E-state index contributed by atoms with van der Waals surface area (Å²) in [6.45, 7) is 4.01. The molecule has 23 heavy (non-hydrogen) atoms. The Bertz CT molecular complexity index is 655. The number of carbonyl (C=O) groups excluding carboxylic acids is 2. The molecule has 3 rings (SSSR count). The predicted molar refractivity (Wildman–Crippen MR) is 90.5 cm³/mol. The Kier molecular flexibility index (Phi) is 4.51. The van der Waals surface area contributed by atoms with E-state index in [0.717, 1.165) is 31.2 Å². The number of fused-ring (bicyclic) bond motifs is 1. The Balaban J connectivity index is 1.95. The van der Waals surface area contributed by atoms with E-state index in [0.29, 0.717) is 17.0 Å². The Hall–Kier alpha value is -2.10. The lowest BCUT2D eigenvalue weighted by Crippen LogP contribution is -2.25. The monoisotopic (exact) mass is 313 g/mol. The Labute approximate surface area is 136 Å². The van der Waals surface area contributed by atoms with Crippen LogP contribution in [0.5, 0.6) is 0 Å². The minimum Gasteiger partial charge on any atom is -0.490 e. The second-order valence-corrected chi connectivity index (χ2v) is 6.61. The summed E-state index contributed by atoms with van der Waals surface area (Å²) in [5.74, 6) is -0.412. The number of hydrogen-bond donors (Lipinski definition) is 1. The zero-order chi connectivity index (χ0) is 16.4. The zero-order valence-electron chi connectivity index (χ0n) is 13.7. The Morgan fingerprint density at radius 1 is 1.13 bits per heavy atom. The molecule has 0 spiro atoms. The maximum Gasteiger partial charge on any atom is 0.235 e. The van der Waals surface area contributed by atoms with E-state index in [2.05, 4.69) is 5.32 Å². The Morgan fingerprint density at radius 2 is 1.87 bits per heavy atom. The number of allylic oxidation sites excluding steroid dienone is 1. The summed E-state index contributed by atoms with van der Waals surface area (Å²) in [5, 5.41) is 3.25. The zero-order valence-corrected chi connectivity index (χ0v) is 13.7. The number of nitrogens with one attached hydrogen (secondary N) is 1. The summed E-state index contributed by atoms with van der Waals surface area (Å²) in [7, 11) is 0. The summed E-state index contributed by atoms with van der Waals surface area (Å²) < 4.78 is 6.10. The average molecular weight is 313 g/mol. The molecule has 1 saturated carbocycles. The number of carbonyl (C=O) groups is 2. The highest BCUT2D eigenvalue weighted by Crippen LogP contribution is 2.34. The number of anilines is 1. The van der Waals surface area contributed by atoms with Crippen molar-refractivity contribution in [2.24, 2.45) is 0 Å². The third kappa shape index (κ3) is 3.31. The highest BCUT2D eigenvalue weighted by molar-refractivity contribution is 6.51. The van der Waals surface area contributed by atoms with Gasteiger partial charge in [0, 0.05) is 23.4 Å². The maximum atomic E-state index is 12.4. The van der Waals surface area contributed by atoms with Gasteiger partial charge in [-0.15, -0.1) is 0 Å². The van der Waals surface area contributed by atoms with E-state index in [4.69, 9.17) is 4.74 Å². The lowest BCUT2D eigenvalue weighted by atomic mass is 9.91. The first-order valence-corrected chi connectivity index (χ1v) is 8.43. The lowest BCUT2D eigenvalue weighted by molar-refractivity contribution is -0.111. The van der Waals surface area contributed by atoms with Crippen LogP contribution in [0.15, 0.2) is 24.3 Å². The molecule has 0 aliphatic heterocycles. The molecule has 2 aliphatic carbocycles. The van der Waals surface area contributed by atoms with E-state index in [-0.39, 0.29) is 12.1 Å². The molecule has 1 aromatic carbocycles. The molecule has 0 amide bonds. The molecule has 4 heteroatoms. The molecule has 1 fully saturated rings. The minimum absolute atomic E-state index is 0.144. The van der Waals surface area contributed by atoms with E-state index >= 15 is 0 Å². The van der Waals surface area contributed by atoms with Crippen LogP contribution in [0, 0.1) is 0 Å². The van der Waals surface area contributed by atoms with Crippen molar-refractivity contribution in [3.63, 3.8) is 0 Å². The number of benzene rings is 1. The van der Waals surface area contributed by atoms with Gasteiger partial charge in [0.05, 0.1) is 11.7 Å². The normalized spacial score (nSPS) is 18.7. The third-order valence-electron chi connectivity index (χ3n) is 4.33. The number of ketones is 2. The number of rotatable bonds is 4. The average Bonchev–Trinajstić information content (AvgIpc) is 2.53. The van der Waals surface area contributed by atoms with E-state index < -0.39 is 11.6 Å². The summed E-state index contributed by atoms with van der Waals surface area (Å²) in [6.07, 6.45) is 7.09. The Morgan fingerprint density at radius 3 is 2.57 bits per heavy atom. The van der Waals surface area contributed by atoms with Crippen molar-refractivity contribution in [1.82, 2.24) is 0 Å². The molecule has 0 unspecified atom stereocenters. The van der Waals surface area contributed by atoms with Crippen LogP contribution in [0.3, 0.4) is 0 Å². The molecular formula is C19H23NO3. The van der Waals surface area contributed by atoms with Crippen LogP contribution in [-0.4, -0.2) is 23.7 Å². The first kappa shape index (κ1) is 15.8. The molecule has 1 aromatic rings. The topological polar surface area (TPSA) is 55.4 Å². The van der Waals surface area contributed by atoms with Crippen LogP contribution in [0.1, 0.15) is 61.9 Å². The van der Waals surface area contributed by atoms with Gasteiger partial charge < -0.3 is 10.1 Å². The first-order chi connectivity index (χ1) is 11.1. The molecule has 4 nitrogen and oxygen atoms in total. The second-order valence-electron chi connectivity index (χ2n) is 6.61. The highest BCUT2D eigenvalue weighted by Gasteiger charge is 2.31. The van der Waals surface area contributed by atoms with Gasteiger partial charge in [-0.2, -0.15) is 0 Å². The molecule has 2 aliphatic rings. The largest absolute Gasteiger partial charge is 0.490 e. The lowest BCUT2D eigenvalue weighted by Gasteiger charge is -2.27. The van der Waals surface area contributed by atoms with Crippen LogP contribution >= 0.6 is 0 Å². The van der Waals surface area contributed by atoms with Crippen LogP contribution < -0.4 is 5.32 Å². The fourth-order valence-electron chi connectivity index (χ4n) is 3.28. The van der Waals surface area contributed by atoms with Gasteiger partial charge >= 0.3 is 0 Å². The van der Waals surface area contributed by atoms with E-state index in [1.807, 2.05) is 32.0 Å². The van der Waals surface area contributed by atoms with Crippen molar-refractivity contribution in [1.29, 1.82) is 0 Å². The second kappa shape index (κ2) is 6.57. The van der Waals surface area contributed by atoms with Crippen LogP contribution in [0.2, 0.25) is 0 Å². The highest BCUT2D eigenvalue weighted by atomic mass is 16.5. The fraction of sp³-hybridized carbons (Fsp3) is 0.474. The number of Topliss-reactive ketones (excluding diaryl/α,β-unsaturated/α-hetero) is 1. The smallest absolute Gasteiger partial charge is 0.235 e. The summed E-state index contributed by atoms with van der Waals surface area (Å²) >= 11 is 0. The number of hydrogen-bond acceptors (Lipinski definition) is 4. The van der Waals surface area contributed by atoms with Gasteiger partial charge in [0.25, 0.3) is 0 Å². The molecule has 0 radical (unpaired) electrons. The van der Waals surface area contributed by atoms with Crippen molar-refractivity contribution in [3.8, 4) is 0 Å². The molecule has 1 N–H and O–H groups in total. The van der Waals surface area contributed by atoms with Crippen molar-refractivity contribution < 1.29 is 14.3 Å². The molecule has 122 valence electrons. The van der Waals surface area contributed by atoms with Crippen LogP contribution in [-0.2, 0) is 9.53 Å². The van der Waals surface area contributed by atoms with Crippen molar-refractivity contribution in [2.75, 3.05) is 5.32 Å². The van der Waals surface area contributed by atoms with Crippen LogP contribution in [0.4, 0.5) is 5.69 Å². The molecular weight excluding hydrogens is 290 g/mol. The number of ether oxygens (including phenoxy) is 1. The standard InChI is InChI=1S/C19H23NO3/c1-12(2)20-15-10-6-9-14-17(11-16(21)19(22)18(14)15)23-13-7-4-3-5-8-13/h6,9-13,20H,3-5,7-8H2,1-2H3. The molecule has 0 aromatic heterocycles. The van der Waals surface area contributed by atoms with Gasteiger partial charge in [-0.25, -0.2) is 0 Å². The quantitative estimate of drug-likeness (QED) is 0.855. The van der Waals surface area contributed by atoms with Crippen molar-refractivity contribution in [3.05, 3.63) is 35.4 Å². The van der Waals surface area contributed by atoms with Crippen molar-refractivity contribution >= 4 is 23.0 Å². The third-order valence-corrected chi connectivity index (χ3v) is 4.33. The molecule has 0 atom stereocenters. The van der Waals surface area contributed by atoms with Crippen LogP contribution in [0.25, 0.3) is 5.76 Å². The van der Waals surface area contributed by atoms with E-state index in [1.54, 1.807) is 0 Å². The predicted octanol–water partition coefficient (Wildman–Crippen LogP) is 3.96. The van der Waals surface area contributed by atoms with Gasteiger partial charge in [-0.1, -0.05) is 18.6 Å². The first-order valence-electron chi connectivity index (χ1n) is 8.43. The van der Waals surface area contributed by atoms with Gasteiger partial charge in [-0.05, 0) is 45.6 Å². The van der Waals surface area contributed by atoms with E-state index in [1.165, 1.54) is 12.5 Å². The van der Waals surface area contributed by atoms with Gasteiger partial charge in [0.2, 0.25) is 11.6 Å². The summed E-state index contributed by atoms with van der Waals surface area (Å²) in [5.41, 5.74) is 1.87. The van der Waals surface area contributed by atoms with Gasteiger partial charge in [-0.3, -0.25) is 9.59 Å². The molecule has 0 saturated heterocycles. The summed E-state index contributed by atoms with van der Waals surface area (Å²) in [6, 6.07) is 5.77. The summed E-state index contributed by atoms with van der Waals surface area (Å²) in [4.78, 5) is 24.5. The maximum absolute atomic E-state index is 12.4.